The van der Waals surface area contributed by atoms with Gasteiger partial charge < -0.3 is 9.84 Å². The second-order valence-electron chi connectivity index (χ2n) is 3.97. The van der Waals surface area contributed by atoms with Crippen LogP contribution in [0.1, 0.15) is 15.9 Å². The Hall–Kier alpha value is -2.14. The van der Waals surface area contributed by atoms with Gasteiger partial charge in [-0.25, -0.2) is 13.6 Å². The first-order chi connectivity index (χ1) is 9.47. The van der Waals surface area contributed by atoms with E-state index in [0.717, 1.165) is 18.2 Å². The normalized spacial score (nSPS) is 10.3. The Morgan fingerprint density at radius 1 is 1.20 bits per heavy atom. The standard InChI is InChI=1S/C14H9ClF2O3/c15-9-1-3-11(14(18)19)13(6-9)20-7-8-5-10(16)2-4-12(8)17/h1-6H,7H2,(H,18,19). The Morgan fingerprint density at radius 3 is 2.65 bits per heavy atom. The number of carboxylic acid groups (broad SMARTS) is 1. The minimum absolute atomic E-state index is 0.00587. The van der Waals surface area contributed by atoms with Gasteiger partial charge in [-0.1, -0.05) is 11.6 Å². The second-order valence-corrected chi connectivity index (χ2v) is 4.41. The molecule has 0 fully saturated rings. The Kier molecular flexibility index (Phi) is 4.20. The molecule has 0 atom stereocenters. The van der Waals surface area contributed by atoms with Crippen LogP contribution < -0.4 is 4.74 Å². The molecule has 0 aliphatic carbocycles. The van der Waals surface area contributed by atoms with E-state index in [0.29, 0.717) is 0 Å². The number of ether oxygens (including phenoxy) is 1. The molecule has 0 bridgehead atoms. The quantitative estimate of drug-likeness (QED) is 0.931. The summed E-state index contributed by atoms with van der Waals surface area (Å²) < 4.78 is 31.7. The summed E-state index contributed by atoms with van der Waals surface area (Å²) in [5.74, 6) is -2.44. The molecule has 0 amide bonds. The zero-order valence-electron chi connectivity index (χ0n) is 10.1. The van der Waals surface area contributed by atoms with Crippen molar-refractivity contribution in [3.8, 4) is 5.75 Å². The number of hydrogen-bond donors (Lipinski definition) is 1. The number of aromatic carboxylic acids is 1. The van der Waals surface area contributed by atoms with Gasteiger partial charge in [0.05, 0.1) is 0 Å². The molecule has 0 radical (unpaired) electrons. The fourth-order valence-electron chi connectivity index (χ4n) is 1.60. The summed E-state index contributed by atoms with van der Waals surface area (Å²) in [5.41, 5.74) is -0.118. The first kappa shape index (κ1) is 14.3. The Balaban J connectivity index is 2.24. The zero-order valence-corrected chi connectivity index (χ0v) is 10.8. The number of carboxylic acids is 1. The van der Waals surface area contributed by atoms with Crippen LogP contribution in [-0.4, -0.2) is 11.1 Å². The maximum absolute atomic E-state index is 13.4. The van der Waals surface area contributed by atoms with E-state index in [-0.39, 0.29) is 28.5 Å². The third-order valence-electron chi connectivity index (χ3n) is 2.57. The molecule has 0 spiro atoms. The smallest absolute Gasteiger partial charge is 0.339 e. The molecule has 3 nitrogen and oxygen atoms in total. The highest BCUT2D eigenvalue weighted by molar-refractivity contribution is 6.30. The molecule has 0 saturated carbocycles. The topological polar surface area (TPSA) is 46.5 Å². The van der Waals surface area contributed by atoms with E-state index in [9.17, 15) is 13.6 Å². The summed E-state index contributed by atoms with van der Waals surface area (Å²) in [7, 11) is 0. The predicted octanol–water partition coefficient (Wildman–Crippen LogP) is 3.90. The maximum Gasteiger partial charge on any atom is 0.339 e. The fraction of sp³-hybridized carbons (Fsp3) is 0.0714. The first-order valence-electron chi connectivity index (χ1n) is 5.57. The van der Waals surface area contributed by atoms with Crippen molar-refractivity contribution in [1.82, 2.24) is 0 Å². The van der Waals surface area contributed by atoms with Gasteiger partial charge >= 0.3 is 5.97 Å². The van der Waals surface area contributed by atoms with Crippen LogP contribution in [0.3, 0.4) is 0 Å². The first-order valence-corrected chi connectivity index (χ1v) is 5.95. The lowest BCUT2D eigenvalue weighted by molar-refractivity contribution is 0.0691. The average Bonchev–Trinajstić information content (AvgIpc) is 2.39. The van der Waals surface area contributed by atoms with E-state index in [2.05, 4.69) is 0 Å². The number of hydrogen-bond acceptors (Lipinski definition) is 2. The SMILES string of the molecule is O=C(O)c1ccc(Cl)cc1OCc1cc(F)ccc1F. The molecule has 1 N–H and O–H groups in total. The van der Waals surface area contributed by atoms with Crippen LogP contribution in [0.5, 0.6) is 5.75 Å². The van der Waals surface area contributed by atoms with Crippen molar-refractivity contribution in [2.75, 3.05) is 0 Å². The van der Waals surface area contributed by atoms with E-state index >= 15 is 0 Å². The van der Waals surface area contributed by atoms with Crippen molar-refractivity contribution in [2.24, 2.45) is 0 Å². The van der Waals surface area contributed by atoms with Crippen LogP contribution in [0.4, 0.5) is 8.78 Å². The maximum atomic E-state index is 13.4. The molecule has 0 aromatic heterocycles. The Morgan fingerprint density at radius 2 is 1.95 bits per heavy atom. The molecular formula is C14H9ClF2O3. The molecule has 0 heterocycles. The van der Waals surface area contributed by atoms with Crippen LogP contribution in [0.25, 0.3) is 0 Å². The molecule has 0 unspecified atom stereocenters. The zero-order chi connectivity index (χ0) is 14.7. The molecule has 20 heavy (non-hydrogen) atoms. The fourth-order valence-corrected chi connectivity index (χ4v) is 1.76. The summed E-state index contributed by atoms with van der Waals surface area (Å²) >= 11 is 5.75. The molecular weight excluding hydrogens is 290 g/mol. The third-order valence-corrected chi connectivity index (χ3v) is 2.80. The molecule has 0 aliphatic heterocycles. The highest BCUT2D eigenvalue weighted by atomic mass is 35.5. The van der Waals surface area contributed by atoms with Crippen molar-refractivity contribution in [2.45, 2.75) is 6.61 Å². The van der Waals surface area contributed by atoms with E-state index in [1.54, 1.807) is 0 Å². The molecule has 2 aromatic rings. The summed E-state index contributed by atoms with van der Waals surface area (Å²) in [6.45, 7) is -0.301. The molecule has 0 aliphatic rings. The Bertz CT molecular complexity index is 659. The van der Waals surface area contributed by atoms with Crippen molar-refractivity contribution in [3.63, 3.8) is 0 Å². The van der Waals surface area contributed by atoms with Gasteiger partial charge in [0.2, 0.25) is 0 Å². The van der Waals surface area contributed by atoms with Crippen LogP contribution in [0, 0.1) is 11.6 Å². The second kappa shape index (κ2) is 5.88. The van der Waals surface area contributed by atoms with Crippen LogP contribution in [-0.2, 0) is 6.61 Å². The van der Waals surface area contributed by atoms with Crippen molar-refractivity contribution in [3.05, 3.63) is 64.2 Å². The third kappa shape index (κ3) is 3.24. The van der Waals surface area contributed by atoms with E-state index < -0.39 is 17.6 Å². The summed E-state index contributed by atoms with van der Waals surface area (Å²) in [6, 6.07) is 6.94. The lowest BCUT2D eigenvalue weighted by Crippen LogP contribution is -2.04. The largest absolute Gasteiger partial charge is 0.488 e. The van der Waals surface area contributed by atoms with Gasteiger partial charge in [0.1, 0.15) is 29.6 Å². The number of benzene rings is 2. The summed E-state index contributed by atoms with van der Waals surface area (Å²) in [4.78, 5) is 11.0. The van der Waals surface area contributed by atoms with Gasteiger partial charge in [-0.05, 0) is 36.4 Å². The molecule has 2 rings (SSSR count). The minimum atomic E-state index is -1.20. The van der Waals surface area contributed by atoms with Crippen molar-refractivity contribution >= 4 is 17.6 Å². The highest BCUT2D eigenvalue weighted by Gasteiger charge is 2.13. The van der Waals surface area contributed by atoms with Crippen molar-refractivity contribution in [1.29, 1.82) is 0 Å². The average molecular weight is 299 g/mol. The lowest BCUT2D eigenvalue weighted by Gasteiger charge is -2.10. The van der Waals surface area contributed by atoms with E-state index in [1.807, 2.05) is 0 Å². The molecule has 104 valence electrons. The van der Waals surface area contributed by atoms with Crippen LogP contribution >= 0.6 is 11.6 Å². The predicted molar refractivity (Wildman–Crippen MR) is 69.1 cm³/mol. The van der Waals surface area contributed by atoms with Crippen LogP contribution in [0.2, 0.25) is 5.02 Å². The monoisotopic (exact) mass is 298 g/mol. The molecule has 6 heteroatoms. The molecule has 0 saturated heterocycles. The van der Waals surface area contributed by atoms with Gasteiger partial charge in [-0.2, -0.15) is 0 Å². The van der Waals surface area contributed by atoms with Crippen molar-refractivity contribution < 1.29 is 23.4 Å². The van der Waals surface area contributed by atoms with E-state index in [1.165, 1.54) is 18.2 Å². The van der Waals surface area contributed by atoms with Gasteiger partial charge in [0, 0.05) is 10.6 Å². The lowest BCUT2D eigenvalue weighted by atomic mass is 10.2. The summed E-state index contributed by atoms with van der Waals surface area (Å²) in [5, 5.41) is 9.28. The Labute approximate surface area is 118 Å². The molecule has 2 aromatic carbocycles. The van der Waals surface area contributed by atoms with E-state index in [4.69, 9.17) is 21.4 Å². The highest BCUT2D eigenvalue weighted by Crippen LogP contribution is 2.25. The van der Waals surface area contributed by atoms with Gasteiger partial charge in [0.15, 0.2) is 0 Å². The number of rotatable bonds is 4. The van der Waals surface area contributed by atoms with Gasteiger partial charge in [-0.3, -0.25) is 0 Å². The van der Waals surface area contributed by atoms with Crippen LogP contribution in [0.15, 0.2) is 36.4 Å². The number of halogens is 3. The minimum Gasteiger partial charge on any atom is -0.488 e. The van der Waals surface area contributed by atoms with Gasteiger partial charge in [-0.15, -0.1) is 0 Å². The number of carbonyl (C=O) groups is 1. The van der Waals surface area contributed by atoms with Gasteiger partial charge in [0.25, 0.3) is 0 Å². The summed E-state index contributed by atoms with van der Waals surface area (Å²) in [6.07, 6.45) is 0.